The third kappa shape index (κ3) is 2.03. The summed E-state index contributed by atoms with van der Waals surface area (Å²) >= 11 is 0. The second kappa shape index (κ2) is 4.62. The van der Waals surface area contributed by atoms with Crippen LogP contribution >= 0.6 is 0 Å². The first-order chi connectivity index (χ1) is 6.70. The van der Waals surface area contributed by atoms with Crippen molar-refractivity contribution in [1.82, 2.24) is 0 Å². The van der Waals surface area contributed by atoms with E-state index in [0.717, 1.165) is 0 Å². The Balaban J connectivity index is 3.10. The number of esters is 1. The molecule has 0 heterocycles. The fourth-order valence-electron chi connectivity index (χ4n) is 1.16. The molecule has 0 aliphatic carbocycles. The molecule has 0 saturated heterocycles. The number of hydrogen-bond acceptors (Lipinski definition) is 4. The second-order valence-electron chi connectivity index (χ2n) is 2.69. The molecule has 0 bridgehead atoms. The summed E-state index contributed by atoms with van der Waals surface area (Å²) in [6, 6.07) is 4.50. The lowest BCUT2D eigenvalue weighted by molar-refractivity contribution is 0.0519. The van der Waals surface area contributed by atoms with E-state index in [1.165, 1.54) is 6.07 Å². The summed E-state index contributed by atoms with van der Waals surface area (Å²) in [5, 5.41) is 18.3. The van der Waals surface area contributed by atoms with Crippen molar-refractivity contribution >= 4 is 5.97 Å². The van der Waals surface area contributed by atoms with Gasteiger partial charge >= 0.3 is 5.97 Å². The Morgan fingerprint density at radius 2 is 2.21 bits per heavy atom. The van der Waals surface area contributed by atoms with Crippen molar-refractivity contribution in [2.75, 3.05) is 6.61 Å². The average molecular weight is 196 g/mol. The number of carbonyl (C=O) groups excluding carboxylic acids is 1. The summed E-state index contributed by atoms with van der Waals surface area (Å²) in [6.07, 6.45) is 0. The van der Waals surface area contributed by atoms with Crippen LogP contribution in [0, 0.1) is 0 Å². The van der Waals surface area contributed by atoms with E-state index in [2.05, 4.69) is 0 Å². The van der Waals surface area contributed by atoms with Gasteiger partial charge in [0.1, 0.15) is 11.3 Å². The fourth-order valence-corrected chi connectivity index (χ4v) is 1.16. The van der Waals surface area contributed by atoms with Crippen LogP contribution in [0.3, 0.4) is 0 Å². The number of aromatic hydroxyl groups is 1. The number of phenols is 1. The molecule has 4 heteroatoms. The highest BCUT2D eigenvalue weighted by atomic mass is 16.5. The molecule has 0 aliphatic rings. The predicted molar refractivity (Wildman–Crippen MR) is 50.0 cm³/mol. The first-order valence-electron chi connectivity index (χ1n) is 4.29. The molecule has 76 valence electrons. The van der Waals surface area contributed by atoms with Gasteiger partial charge in [-0.3, -0.25) is 0 Å². The lowest BCUT2D eigenvalue weighted by Crippen LogP contribution is -2.08. The van der Waals surface area contributed by atoms with E-state index in [0.29, 0.717) is 5.56 Å². The molecule has 0 spiro atoms. The molecule has 4 nitrogen and oxygen atoms in total. The Hall–Kier alpha value is -1.55. The van der Waals surface area contributed by atoms with Crippen LogP contribution in [-0.2, 0) is 11.3 Å². The molecular weight excluding hydrogens is 184 g/mol. The molecule has 1 aromatic carbocycles. The topological polar surface area (TPSA) is 66.8 Å². The van der Waals surface area contributed by atoms with Crippen LogP contribution < -0.4 is 0 Å². The number of hydrogen-bond donors (Lipinski definition) is 2. The fraction of sp³-hybridized carbons (Fsp3) is 0.300. The normalized spacial score (nSPS) is 9.86. The van der Waals surface area contributed by atoms with Gasteiger partial charge in [-0.15, -0.1) is 0 Å². The minimum absolute atomic E-state index is 0.0388. The molecule has 0 amide bonds. The maximum absolute atomic E-state index is 11.4. The first-order valence-corrected chi connectivity index (χ1v) is 4.29. The Kier molecular flexibility index (Phi) is 3.48. The molecule has 0 radical (unpaired) electrons. The molecule has 0 saturated carbocycles. The number of rotatable bonds is 3. The van der Waals surface area contributed by atoms with Crippen LogP contribution in [0.2, 0.25) is 0 Å². The Labute approximate surface area is 81.8 Å². The number of aliphatic hydroxyl groups excluding tert-OH is 1. The lowest BCUT2D eigenvalue weighted by atomic mass is 10.1. The van der Waals surface area contributed by atoms with Gasteiger partial charge in [-0.05, 0) is 18.6 Å². The van der Waals surface area contributed by atoms with Gasteiger partial charge in [0.15, 0.2) is 0 Å². The van der Waals surface area contributed by atoms with Gasteiger partial charge < -0.3 is 14.9 Å². The molecule has 0 aliphatic heterocycles. The van der Waals surface area contributed by atoms with E-state index >= 15 is 0 Å². The van der Waals surface area contributed by atoms with Crippen molar-refractivity contribution in [1.29, 1.82) is 0 Å². The van der Waals surface area contributed by atoms with Gasteiger partial charge in [0.2, 0.25) is 0 Å². The van der Waals surface area contributed by atoms with Crippen LogP contribution in [-0.4, -0.2) is 22.8 Å². The summed E-state index contributed by atoms with van der Waals surface area (Å²) < 4.78 is 4.74. The van der Waals surface area contributed by atoms with E-state index in [-0.39, 0.29) is 24.5 Å². The highest BCUT2D eigenvalue weighted by Gasteiger charge is 2.16. The molecule has 0 aromatic heterocycles. The SMILES string of the molecule is CCOC(=O)c1c(O)cccc1CO. The molecule has 0 atom stereocenters. The number of aliphatic hydroxyl groups is 1. The first kappa shape index (κ1) is 10.5. The Morgan fingerprint density at radius 3 is 2.79 bits per heavy atom. The van der Waals surface area contributed by atoms with Crippen LogP contribution in [0.5, 0.6) is 5.75 Å². The number of benzene rings is 1. The van der Waals surface area contributed by atoms with Crippen molar-refractivity contribution in [3.63, 3.8) is 0 Å². The minimum atomic E-state index is -0.616. The maximum atomic E-state index is 11.4. The van der Waals surface area contributed by atoms with E-state index in [1.54, 1.807) is 19.1 Å². The molecule has 0 fully saturated rings. The zero-order valence-corrected chi connectivity index (χ0v) is 7.86. The Bertz CT molecular complexity index is 333. The molecule has 1 aromatic rings. The highest BCUT2D eigenvalue weighted by molar-refractivity contribution is 5.94. The molecule has 2 N–H and O–H groups in total. The van der Waals surface area contributed by atoms with Gasteiger partial charge in [0, 0.05) is 0 Å². The Morgan fingerprint density at radius 1 is 1.50 bits per heavy atom. The minimum Gasteiger partial charge on any atom is -0.507 e. The van der Waals surface area contributed by atoms with Crippen molar-refractivity contribution < 1.29 is 19.7 Å². The van der Waals surface area contributed by atoms with Crippen LogP contribution in [0.1, 0.15) is 22.8 Å². The summed E-state index contributed by atoms with van der Waals surface area (Å²) in [4.78, 5) is 11.4. The third-order valence-electron chi connectivity index (χ3n) is 1.78. The van der Waals surface area contributed by atoms with Crippen LogP contribution in [0.25, 0.3) is 0 Å². The van der Waals surface area contributed by atoms with E-state index in [1.807, 2.05) is 0 Å². The molecule has 14 heavy (non-hydrogen) atoms. The zero-order chi connectivity index (χ0) is 10.6. The standard InChI is InChI=1S/C10H12O4/c1-2-14-10(13)9-7(6-11)4-3-5-8(9)12/h3-5,11-12H,2,6H2,1H3. The van der Waals surface area contributed by atoms with Gasteiger partial charge in [0.25, 0.3) is 0 Å². The van der Waals surface area contributed by atoms with Crippen LogP contribution in [0.15, 0.2) is 18.2 Å². The lowest BCUT2D eigenvalue weighted by Gasteiger charge is -2.07. The summed E-state index contributed by atoms with van der Waals surface area (Å²) in [6.45, 7) is 1.61. The van der Waals surface area contributed by atoms with E-state index < -0.39 is 5.97 Å². The largest absolute Gasteiger partial charge is 0.507 e. The summed E-state index contributed by atoms with van der Waals surface area (Å²) in [7, 11) is 0. The van der Waals surface area contributed by atoms with E-state index in [4.69, 9.17) is 9.84 Å². The monoisotopic (exact) mass is 196 g/mol. The van der Waals surface area contributed by atoms with Gasteiger partial charge in [-0.25, -0.2) is 4.79 Å². The van der Waals surface area contributed by atoms with Gasteiger partial charge in [-0.1, -0.05) is 12.1 Å². The molecule has 1 rings (SSSR count). The predicted octanol–water partition coefficient (Wildman–Crippen LogP) is 1.06. The summed E-state index contributed by atoms with van der Waals surface area (Å²) in [5.41, 5.74) is 0.403. The number of phenolic OH excluding ortho intramolecular Hbond substituents is 1. The third-order valence-corrected chi connectivity index (χ3v) is 1.78. The second-order valence-corrected chi connectivity index (χ2v) is 2.69. The average Bonchev–Trinajstić information content (AvgIpc) is 2.17. The quantitative estimate of drug-likeness (QED) is 0.709. The number of carbonyl (C=O) groups is 1. The van der Waals surface area contributed by atoms with Gasteiger partial charge in [0.05, 0.1) is 13.2 Å². The van der Waals surface area contributed by atoms with Crippen molar-refractivity contribution in [3.8, 4) is 5.75 Å². The summed E-state index contributed by atoms with van der Waals surface area (Å²) in [5.74, 6) is -0.787. The van der Waals surface area contributed by atoms with Gasteiger partial charge in [-0.2, -0.15) is 0 Å². The number of ether oxygens (including phenoxy) is 1. The molecular formula is C10H12O4. The van der Waals surface area contributed by atoms with Crippen LogP contribution in [0.4, 0.5) is 0 Å². The highest BCUT2D eigenvalue weighted by Crippen LogP contribution is 2.21. The van der Waals surface area contributed by atoms with E-state index in [9.17, 15) is 9.90 Å². The van der Waals surface area contributed by atoms with Crippen molar-refractivity contribution in [3.05, 3.63) is 29.3 Å². The van der Waals surface area contributed by atoms with Crippen molar-refractivity contribution in [2.24, 2.45) is 0 Å². The smallest absolute Gasteiger partial charge is 0.342 e. The zero-order valence-electron chi connectivity index (χ0n) is 7.86. The maximum Gasteiger partial charge on any atom is 0.342 e. The molecule has 0 unspecified atom stereocenters. The van der Waals surface area contributed by atoms with Crippen molar-refractivity contribution in [2.45, 2.75) is 13.5 Å².